The minimum absolute atomic E-state index is 0.00833. The Kier molecular flexibility index (Phi) is 3.75. The molecule has 1 rings (SSSR count). The lowest BCUT2D eigenvalue weighted by Crippen LogP contribution is -2.07. The van der Waals surface area contributed by atoms with Crippen molar-refractivity contribution in [3.05, 3.63) is 31.9 Å². The van der Waals surface area contributed by atoms with Crippen molar-refractivity contribution in [1.82, 2.24) is 0 Å². The third kappa shape index (κ3) is 2.51. The molecule has 0 unspecified atom stereocenters. The lowest BCUT2D eigenvalue weighted by molar-refractivity contribution is 0.0695. The zero-order chi connectivity index (χ0) is 11.6. The van der Waals surface area contributed by atoms with Crippen LogP contribution in [0.1, 0.15) is 20.7 Å². The van der Waals surface area contributed by atoms with Crippen LogP contribution in [0, 0.1) is 3.57 Å². The van der Waals surface area contributed by atoms with Crippen molar-refractivity contribution in [3.63, 3.8) is 0 Å². The first-order valence-electron chi connectivity index (χ1n) is 3.54. The van der Waals surface area contributed by atoms with Crippen LogP contribution in [0.25, 0.3) is 0 Å². The smallest absolute Gasteiger partial charge is 0.336 e. The van der Waals surface area contributed by atoms with Gasteiger partial charge in [-0.1, -0.05) is 11.6 Å². The second kappa shape index (κ2) is 4.67. The maximum Gasteiger partial charge on any atom is 0.336 e. The summed E-state index contributed by atoms with van der Waals surface area (Å²) in [5.41, 5.74) is -0.634. The van der Waals surface area contributed by atoms with E-state index in [1.54, 1.807) is 0 Å². The van der Waals surface area contributed by atoms with Crippen LogP contribution in [0.4, 0.5) is 0 Å². The summed E-state index contributed by atoms with van der Waals surface area (Å²) >= 11 is 3.67. The molecule has 80 valence electrons. The number of carboxylic acid groups (broad SMARTS) is 2. The number of aromatic carboxylic acids is 2. The van der Waals surface area contributed by atoms with Gasteiger partial charge in [0, 0.05) is 5.02 Å². The lowest BCUT2D eigenvalue weighted by Gasteiger charge is -2.03. The van der Waals surface area contributed by atoms with Gasteiger partial charge < -0.3 is 10.2 Å². The summed E-state index contributed by atoms with van der Waals surface area (Å²) in [6.45, 7) is 0. The Balaban J connectivity index is 3.59. The van der Waals surface area contributed by atoms with E-state index >= 15 is 0 Å². The van der Waals surface area contributed by atoms with E-state index in [9.17, 15) is 12.7 Å². The van der Waals surface area contributed by atoms with Crippen molar-refractivity contribution in [1.29, 1.82) is 0 Å². The Hall–Kier alpha value is -1.02. The molecule has 0 aliphatic carbocycles. The zero-order valence-electron chi connectivity index (χ0n) is 7.03. The topological polar surface area (TPSA) is 91.7 Å². The van der Waals surface area contributed by atoms with Gasteiger partial charge in [-0.3, -0.25) is 3.07 Å². The first-order chi connectivity index (χ1) is 6.97. The molecule has 0 fully saturated rings. The summed E-state index contributed by atoms with van der Waals surface area (Å²) in [4.78, 5) is 21.5. The van der Waals surface area contributed by atoms with Gasteiger partial charge in [0.05, 0.1) is 14.7 Å². The number of hydrogen-bond donors (Lipinski definition) is 2. The minimum Gasteiger partial charge on any atom is -0.478 e. The predicted molar refractivity (Wildman–Crippen MR) is 58.8 cm³/mol. The Labute approximate surface area is 99.3 Å². The standard InChI is InChI=1S/C8H4ClIO5/c9-3-1-4(7(11)12)6(10-15)5(2-3)8(13)14/h1-2H,(H,11,12)(H,13,14). The molecule has 0 spiro atoms. The molecule has 0 amide bonds. The van der Waals surface area contributed by atoms with Crippen LogP contribution in [-0.4, -0.2) is 22.2 Å². The van der Waals surface area contributed by atoms with E-state index in [-0.39, 0.29) is 19.7 Å². The van der Waals surface area contributed by atoms with Crippen LogP contribution >= 0.6 is 32.8 Å². The van der Waals surface area contributed by atoms with E-state index in [4.69, 9.17) is 21.8 Å². The summed E-state index contributed by atoms with van der Waals surface area (Å²) in [5.74, 6) is -2.68. The molecule has 2 N–H and O–H groups in total. The third-order valence-electron chi connectivity index (χ3n) is 1.58. The van der Waals surface area contributed by atoms with E-state index < -0.39 is 33.1 Å². The summed E-state index contributed by atoms with van der Waals surface area (Å²) in [5, 5.41) is 17.5. The first kappa shape index (κ1) is 12.1. The number of carbonyl (C=O) groups is 2. The van der Waals surface area contributed by atoms with E-state index in [0.29, 0.717) is 0 Å². The third-order valence-corrected chi connectivity index (χ3v) is 3.40. The molecule has 1 aromatic rings. The van der Waals surface area contributed by atoms with Crippen LogP contribution in [0.15, 0.2) is 12.1 Å². The number of halogens is 2. The number of carboxylic acids is 2. The van der Waals surface area contributed by atoms with Gasteiger partial charge in [-0.15, -0.1) is 0 Å². The van der Waals surface area contributed by atoms with Crippen LogP contribution in [0.2, 0.25) is 5.02 Å². The summed E-state index contributed by atoms with van der Waals surface area (Å²) in [7, 11) is 0. The SMILES string of the molecule is O=Ic1c(C(=O)O)cc(Cl)cc1C(=O)O. The van der Waals surface area contributed by atoms with Gasteiger partial charge in [-0.2, -0.15) is 0 Å². The minimum atomic E-state index is -1.88. The zero-order valence-corrected chi connectivity index (χ0v) is 9.94. The summed E-state index contributed by atoms with van der Waals surface area (Å²) in [6.07, 6.45) is 0. The highest BCUT2D eigenvalue weighted by atomic mass is 127. The highest BCUT2D eigenvalue weighted by Crippen LogP contribution is 2.25. The summed E-state index contributed by atoms with van der Waals surface area (Å²) in [6, 6.07) is 2.17. The Morgan fingerprint density at radius 3 is 1.80 bits per heavy atom. The second-order valence-corrected chi connectivity index (χ2v) is 4.46. The lowest BCUT2D eigenvalue weighted by atomic mass is 10.1. The van der Waals surface area contributed by atoms with Crippen LogP contribution < -0.4 is 0 Å². The molecular weight excluding hydrogens is 338 g/mol. The first-order valence-corrected chi connectivity index (χ1v) is 5.88. The van der Waals surface area contributed by atoms with Gasteiger partial charge in [0.2, 0.25) is 0 Å². The molecule has 7 heteroatoms. The van der Waals surface area contributed by atoms with E-state index in [2.05, 4.69) is 0 Å². The maximum absolute atomic E-state index is 10.8. The Bertz CT molecular complexity index is 421. The van der Waals surface area contributed by atoms with E-state index in [1.165, 1.54) is 0 Å². The molecule has 0 aromatic heterocycles. The molecule has 0 atom stereocenters. The molecule has 0 saturated heterocycles. The second-order valence-electron chi connectivity index (χ2n) is 2.50. The van der Waals surface area contributed by atoms with Crippen molar-refractivity contribution in [3.8, 4) is 0 Å². The fraction of sp³-hybridized carbons (Fsp3) is 0. The van der Waals surface area contributed by atoms with Crippen molar-refractivity contribution in [2.45, 2.75) is 0 Å². The molecule has 1 aromatic carbocycles. The van der Waals surface area contributed by atoms with Gasteiger partial charge in [-0.05, 0) is 12.1 Å². The highest BCUT2D eigenvalue weighted by molar-refractivity contribution is 14.1. The molecule has 0 heterocycles. The monoisotopic (exact) mass is 342 g/mol. The number of benzene rings is 1. The van der Waals surface area contributed by atoms with Crippen molar-refractivity contribution >= 4 is 44.7 Å². The fourth-order valence-electron chi connectivity index (χ4n) is 0.984. The van der Waals surface area contributed by atoms with Crippen molar-refractivity contribution in [2.75, 3.05) is 0 Å². The van der Waals surface area contributed by atoms with E-state index in [1.807, 2.05) is 0 Å². The molecule has 0 bridgehead atoms. The molecule has 15 heavy (non-hydrogen) atoms. The van der Waals surface area contributed by atoms with Gasteiger partial charge in [0.25, 0.3) is 0 Å². The largest absolute Gasteiger partial charge is 0.478 e. The molecule has 0 radical (unpaired) electrons. The molecular formula is C8H4ClIO5. The quantitative estimate of drug-likeness (QED) is 0.822. The highest BCUT2D eigenvalue weighted by Gasteiger charge is 2.20. The number of rotatable bonds is 3. The van der Waals surface area contributed by atoms with Gasteiger partial charge >= 0.3 is 11.9 Å². The molecule has 5 nitrogen and oxygen atoms in total. The number of hydrogen-bond acceptors (Lipinski definition) is 3. The molecule has 0 aliphatic rings. The van der Waals surface area contributed by atoms with Crippen molar-refractivity contribution in [2.24, 2.45) is 0 Å². The van der Waals surface area contributed by atoms with Crippen LogP contribution in [0.5, 0.6) is 0 Å². The average Bonchev–Trinajstić information content (AvgIpc) is 2.16. The Morgan fingerprint density at radius 2 is 1.53 bits per heavy atom. The normalized spacial score (nSPS) is 9.93. The van der Waals surface area contributed by atoms with Gasteiger partial charge in [0.1, 0.15) is 0 Å². The average molecular weight is 342 g/mol. The summed E-state index contributed by atoms with van der Waals surface area (Å²) < 4.78 is 10.7. The van der Waals surface area contributed by atoms with Gasteiger partial charge in [-0.25, -0.2) is 9.59 Å². The Morgan fingerprint density at radius 1 is 1.13 bits per heavy atom. The molecule has 0 aliphatic heterocycles. The fourth-order valence-corrected chi connectivity index (χ4v) is 2.45. The maximum atomic E-state index is 10.8. The van der Waals surface area contributed by atoms with Crippen molar-refractivity contribution < 1.29 is 22.9 Å². The van der Waals surface area contributed by atoms with Gasteiger partial charge in [0.15, 0.2) is 21.2 Å². The molecule has 0 saturated carbocycles. The van der Waals surface area contributed by atoms with Crippen LogP contribution in [-0.2, 0) is 3.07 Å². The predicted octanol–water partition coefficient (Wildman–Crippen LogP) is 2.22. The van der Waals surface area contributed by atoms with E-state index in [0.717, 1.165) is 12.1 Å². The van der Waals surface area contributed by atoms with Crippen LogP contribution in [0.3, 0.4) is 0 Å².